The van der Waals surface area contributed by atoms with Gasteiger partial charge in [-0.25, -0.2) is 0 Å². The Labute approximate surface area is 151 Å². The Kier molecular flexibility index (Phi) is 6.92. The smallest absolute Gasteiger partial charge is 0.351 e. The van der Waals surface area contributed by atoms with Crippen LogP contribution in [0.3, 0.4) is 0 Å². The molecule has 0 aromatic rings. The Balaban J connectivity index is 6.43. The van der Waals surface area contributed by atoms with Crippen molar-refractivity contribution in [2.75, 3.05) is 6.54 Å². The minimum Gasteiger partial charge on any atom is -0.351 e. The van der Waals surface area contributed by atoms with Gasteiger partial charge in [0, 0.05) is 6.54 Å². The fourth-order valence-electron chi connectivity index (χ4n) is 1.46. The summed E-state index contributed by atoms with van der Waals surface area (Å²) in [5, 5.41) is -5.82. The van der Waals surface area contributed by atoms with Crippen molar-refractivity contribution in [2.45, 2.75) is 54.3 Å². The second-order valence-electron chi connectivity index (χ2n) is 5.20. The molecule has 1 amide bonds. The summed E-state index contributed by atoms with van der Waals surface area (Å²) in [7, 11) is 0. The van der Waals surface area contributed by atoms with Crippen molar-refractivity contribution < 1.29 is 66.3 Å². The number of carbonyl (C=O) groups excluding carboxylic acids is 1. The van der Waals surface area contributed by atoms with Crippen LogP contribution < -0.4 is 5.32 Å². The molecule has 0 saturated carbocycles. The maximum Gasteiger partial charge on any atom is 0.393 e. The minimum absolute atomic E-state index is 0.269. The number of hydrogen-bond acceptors (Lipinski definition) is 1. The molecule has 0 aliphatic rings. The van der Waals surface area contributed by atoms with Gasteiger partial charge in [0.15, 0.2) is 0 Å². The van der Waals surface area contributed by atoms with E-state index in [9.17, 15) is 66.3 Å². The SMILES string of the molecule is CCCNC(=O)C(F)(F)C(F)(F)C(F)(F)C(F)(F)C(F)(F)C(F)(F)C(F)(F)Cl. The largest absolute Gasteiger partial charge is 0.393 e. The topological polar surface area (TPSA) is 29.1 Å². The average Bonchev–Trinajstić information content (AvgIpc) is 2.50. The van der Waals surface area contributed by atoms with Gasteiger partial charge in [-0.05, 0) is 18.0 Å². The number of amides is 1. The molecule has 0 aliphatic heterocycles. The minimum atomic E-state index is -8.24. The van der Waals surface area contributed by atoms with Crippen molar-refractivity contribution in [1.29, 1.82) is 0 Å². The molecule has 2 nitrogen and oxygen atoms in total. The lowest BCUT2D eigenvalue weighted by Crippen LogP contribution is -2.73. The van der Waals surface area contributed by atoms with Crippen molar-refractivity contribution in [3.8, 4) is 0 Å². The van der Waals surface area contributed by atoms with Crippen LogP contribution in [0.2, 0.25) is 0 Å². The zero-order chi connectivity index (χ0) is 23.2. The molecule has 0 aromatic heterocycles. The number of carbonyl (C=O) groups is 1. The first-order valence-corrected chi connectivity index (χ1v) is 6.98. The highest BCUT2D eigenvalue weighted by atomic mass is 35.5. The zero-order valence-electron chi connectivity index (χ0n) is 13.0. The molecule has 0 spiro atoms. The summed E-state index contributed by atoms with van der Waals surface area (Å²) < 4.78 is 183. The molecule has 0 saturated heterocycles. The second kappa shape index (κ2) is 7.23. The van der Waals surface area contributed by atoms with Crippen LogP contribution in [-0.4, -0.2) is 53.4 Å². The molecule has 0 rings (SSSR count). The number of alkyl halides is 15. The summed E-state index contributed by atoms with van der Waals surface area (Å²) in [4.78, 5) is 10.9. The maximum absolute atomic E-state index is 13.3. The molecule has 0 aliphatic carbocycles. The van der Waals surface area contributed by atoms with Gasteiger partial charge < -0.3 is 5.32 Å². The lowest BCUT2D eigenvalue weighted by molar-refractivity contribution is -0.431. The van der Waals surface area contributed by atoms with Crippen LogP contribution in [0, 0.1) is 0 Å². The van der Waals surface area contributed by atoms with E-state index < -0.39 is 53.4 Å². The van der Waals surface area contributed by atoms with E-state index in [0.717, 1.165) is 12.2 Å². The molecular weight excluding hydrogens is 464 g/mol. The van der Waals surface area contributed by atoms with Crippen LogP contribution >= 0.6 is 11.6 Å². The first-order valence-electron chi connectivity index (χ1n) is 6.60. The zero-order valence-corrected chi connectivity index (χ0v) is 13.7. The Morgan fingerprint density at radius 1 is 0.679 bits per heavy atom. The molecular formula is C11H8ClF14NO. The molecule has 0 bridgehead atoms. The van der Waals surface area contributed by atoms with Gasteiger partial charge in [-0.1, -0.05) is 6.92 Å². The van der Waals surface area contributed by atoms with Crippen LogP contribution in [0.4, 0.5) is 61.5 Å². The number of halogens is 15. The molecule has 0 unspecified atom stereocenters. The first-order chi connectivity index (χ1) is 12.0. The van der Waals surface area contributed by atoms with Crippen LogP contribution in [0.15, 0.2) is 0 Å². The van der Waals surface area contributed by atoms with Gasteiger partial charge in [0.1, 0.15) is 0 Å². The molecule has 28 heavy (non-hydrogen) atoms. The summed E-state index contributed by atoms with van der Waals surface area (Å²) in [6.07, 6.45) is -0.269. The van der Waals surface area contributed by atoms with E-state index >= 15 is 0 Å². The Morgan fingerprint density at radius 3 is 1.32 bits per heavy atom. The van der Waals surface area contributed by atoms with E-state index in [1.807, 2.05) is 0 Å². The van der Waals surface area contributed by atoms with Crippen molar-refractivity contribution in [3.63, 3.8) is 0 Å². The van der Waals surface area contributed by atoms with Gasteiger partial charge in [0.25, 0.3) is 5.91 Å². The summed E-state index contributed by atoms with van der Waals surface area (Å²) >= 11 is 3.44. The highest BCUT2D eigenvalue weighted by molar-refractivity contribution is 6.22. The molecule has 0 atom stereocenters. The first kappa shape index (κ1) is 26.8. The molecule has 168 valence electrons. The molecule has 0 aromatic carbocycles. The van der Waals surface area contributed by atoms with E-state index in [1.165, 1.54) is 0 Å². The van der Waals surface area contributed by atoms with Crippen LogP contribution in [0.5, 0.6) is 0 Å². The van der Waals surface area contributed by atoms with Gasteiger partial charge in [0.2, 0.25) is 0 Å². The molecule has 0 fully saturated rings. The Bertz CT molecular complexity index is 584. The monoisotopic (exact) mass is 471 g/mol. The molecule has 1 N–H and O–H groups in total. The molecule has 0 radical (unpaired) electrons. The third-order valence-electron chi connectivity index (χ3n) is 3.15. The highest BCUT2D eigenvalue weighted by Crippen LogP contribution is 2.62. The Hall–Kier alpha value is -1.22. The van der Waals surface area contributed by atoms with Gasteiger partial charge in [0.05, 0.1) is 0 Å². The van der Waals surface area contributed by atoms with E-state index in [2.05, 4.69) is 11.6 Å². The fourth-order valence-corrected chi connectivity index (χ4v) is 1.58. The van der Waals surface area contributed by atoms with Gasteiger partial charge in [-0.2, -0.15) is 61.5 Å². The number of hydrogen-bond donors (Lipinski definition) is 1. The third kappa shape index (κ3) is 3.56. The van der Waals surface area contributed by atoms with Gasteiger partial charge in [-0.15, -0.1) is 0 Å². The normalized spacial score (nSPS) is 15.6. The third-order valence-corrected chi connectivity index (χ3v) is 3.39. The van der Waals surface area contributed by atoms with Crippen molar-refractivity contribution >= 4 is 17.5 Å². The summed E-state index contributed by atoms with van der Waals surface area (Å²) in [5.41, 5.74) is 0. The fraction of sp³-hybridized carbons (Fsp3) is 0.909. The highest BCUT2D eigenvalue weighted by Gasteiger charge is 2.93. The van der Waals surface area contributed by atoms with E-state index in [-0.39, 0.29) is 6.42 Å². The summed E-state index contributed by atoms with van der Waals surface area (Å²) in [5.74, 6) is -50.0. The lowest BCUT2D eigenvalue weighted by Gasteiger charge is -2.41. The van der Waals surface area contributed by atoms with E-state index in [0.29, 0.717) is 0 Å². The van der Waals surface area contributed by atoms with Crippen molar-refractivity contribution in [3.05, 3.63) is 0 Å². The number of rotatable bonds is 9. The van der Waals surface area contributed by atoms with Crippen LogP contribution in [-0.2, 0) is 4.79 Å². The van der Waals surface area contributed by atoms with Crippen LogP contribution in [0.1, 0.15) is 13.3 Å². The number of nitrogens with one attached hydrogen (secondary N) is 1. The standard InChI is InChI=1S/C11H8ClF14NO/c1-2-3-27-4(28)5(13,14)6(15,16)7(17,18)8(19,20)9(21,22)10(23,24)11(12,25)26/h2-3H2,1H3,(H,27,28). The predicted octanol–water partition coefficient (Wildman–Crippen LogP) is 5.16. The lowest BCUT2D eigenvalue weighted by atomic mass is 9.91. The van der Waals surface area contributed by atoms with Crippen molar-refractivity contribution in [1.82, 2.24) is 5.32 Å². The summed E-state index contributed by atoms with van der Waals surface area (Å²) in [6.45, 7) is 0.244. The average molecular weight is 472 g/mol. The molecule has 17 heteroatoms. The van der Waals surface area contributed by atoms with Gasteiger partial charge >= 0.3 is 40.9 Å². The van der Waals surface area contributed by atoms with Crippen molar-refractivity contribution in [2.24, 2.45) is 0 Å². The predicted molar refractivity (Wildman–Crippen MR) is 63.8 cm³/mol. The van der Waals surface area contributed by atoms with E-state index in [1.54, 1.807) is 0 Å². The maximum atomic E-state index is 13.3. The Morgan fingerprint density at radius 2 is 1.00 bits per heavy atom. The van der Waals surface area contributed by atoms with E-state index in [4.69, 9.17) is 0 Å². The quantitative estimate of drug-likeness (QED) is 0.365. The van der Waals surface area contributed by atoms with Gasteiger partial charge in [-0.3, -0.25) is 4.79 Å². The second-order valence-corrected chi connectivity index (χ2v) is 5.67. The summed E-state index contributed by atoms with van der Waals surface area (Å²) in [6, 6.07) is 0. The van der Waals surface area contributed by atoms with Crippen LogP contribution in [0.25, 0.3) is 0 Å². The molecule has 0 heterocycles.